The Bertz CT molecular complexity index is 431. The van der Waals surface area contributed by atoms with Crippen molar-refractivity contribution in [1.82, 2.24) is 10.2 Å². The van der Waals surface area contributed by atoms with Gasteiger partial charge in [-0.3, -0.25) is 5.10 Å². The third-order valence-electron chi connectivity index (χ3n) is 1.81. The Morgan fingerprint density at radius 1 is 1.64 bits per heavy atom. The lowest BCUT2D eigenvalue weighted by Gasteiger charge is -1.97. The second kappa shape index (κ2) is 3.37. The Balaban J connectivity index is 2.45. The molecule has 0 aliphatic heterocycles. The molecule has 0 fully saturated rings. The van der Waals surface area contributed by atoms with Crippen molar-refractivity contribution < 1.29 is 13.9 Å². The first-order chi connectivity index (χ1) is 6.83. The number of nitrogens with one attached hydrogen (secondary N) is 1. The Morgan fingerprint density at radius 2 is 2.50 bits per heavy atom. The smallest absolute Gasteiger partial charge is 0.341 e. The summed E-state index contributed by atoms with van der Waals surface area (Å²) in [5.74, 6) is 0.119. The third kappa shape index (κ3) is 1.28. The molecule has 0 unspecified atom stereocenters. The van der Waals surface area contributed by atoms with Crippen LogP contribution in [0, 0.1) is 0 Å². The van der Waals surface area contributed by atoms with Gasteiger partial charge in [-0.05, 0) is 12.1 Å². The van der Waals surface area contributed by atoms with Crippen LogP contribution in [0.1, 0.15) is 10.4 Å². The topological polar surface area (TPSA) is 68.1 Å². The van der Waals surface area contributed by atoms with Crippen LogP contribution in [0.5, 0.6) is 0 Å². The van der Waals surface area contributed by atoms with Crippen LogP contribution in [0.2, 0.25) is 0 Å². The van der Waals surface area contributed by atoms with E-state index in [0.29, 0.717) is 17.0 Å². The first kappa shape index (κ1) is 8.55. The van der Waals surface area contributed by atoms with Gasteiger partial charge in [0, 0.05) is 0 Å². The SMILES string of the molecule is COC(=O)c1cn[nH]c1-c1ccco1. The number of carbonyl (C=O) groups excluding carboxylic acids is 1. The van der Waals surface area contributed by atoms with Crippen LogP contribution >= 0.6 is 0 Å². The predicted molar refractivity (Wildman–Crippen MR) is 47.6 cm³/mol. The van der Waals surface area contributed by atoms with Gasteiger partial charge in [0.1, 0.15) is 11.3 Å². The van der Waals surface area contributed by atoms with Gasteiger partial charge in [0.15, 0.2) is 5.76 Å². The molecule has 72 valence electrons. The number of aromatic nitrogens is 2. The van der Waals surface area contributed by atoms with Crippen LogP contribution in [0.25, 0.3) is 11.5 Å². The lowest BCUT2D eigenvalue weighted by molar-refractivity contribution is 0.0601. The third-order valence-corrected chi connectivity index (χ3v) is 1.81. The highest BCUT2D eigenvalue weighted by molar-refractivity contribution is 5.95. The van der Waals surface area contributed by atoms with Crippen LogP contribution in [0.15, 0.2) is 29.0 Å². The molecule has 2 heterocycles. The summed E-state index contributed by atoms with van der Waals surface area (Å²) in [7, 11) is 1.32. The molecular weight excluding hydrogens is 184 g/mol. The van der Waals surface area contributed by atoms with Crippen molar-refractivity contribution in [3.05, 3.63) is 30.2 Å². The quantitative estimate of drug-likeness (QED) is 0.731. The standard InChI is InChI=1S/C9H8N2O3/c1-13-9(12)6-5-10-11-8(6)7-3-2-4-14-7/h2-5H,1H3,(H,10,11). The van der Waals surface area contributed by atoms with Crippen LogP contribution in [-0.4, -0.2) is 23.3 Å². The Hall–Kier alpha value is -2.04. The van der Waals surface area contributed by atoms with Crippen LogP contribution in [0.4, 0.5) is 0 Å². The number of ether oxygens (including phenoxy) is 1. The molecule has 14 heavy (non-hydrogen) atoms. The second-order valence-corrected chi connectivity index (χ2v) is 2.63. The van der Waals surface area contributed by atoms with E-state index >= 15 is 0 Å². The number of H-pyrrole nitrogens is 1. The molecule has 0 radical (unpaired) electrons. The molecule has 2 rings (SSSR count). The summed E-state index contributed by atoms with van der Waals surface area (Å²) >= 11 is 0. The summed E-state index contributed by atoms with van der Waals surface area (Å²) in [5.41, 5.74) is 0.893. The zero-order valence-electron chi connectivity index (χ0n) is 7.48. The average molecular weight is 192 g/mol. The van der Waals surface area contributed by atoms with E-state index in [1.807, 2.05) is 0 Å². The Labute approximate surface area is 79.7 Å². The van der Waals surface area contributed by atoms with Crippen molar-refractivity contribution in [2.75, 3.05) is 7.11 Å². The van der Waals surface area contributed by atoms with E-state index < -0.39 is 5.97 Å². The molecule has 2 aromatic rings. The van der Waals surface area contributed by atoms with Gasteiger partial charge in [-0.2, -0.15) is 5.10 Å². The van der Waals surface area contributed by atoms with E-state index in [0.717, 1.165) is 0 Å². The fourth-order valence-electron chi connectivity index (χ4n) is 1.16. The van der Waals surface area contributed by atoms with E-state index in [2.05, 4.69) is 14.9 Å². The number of hydrogen-bond acceptors (Lipinski definition) is 4. The van der Waals surface area contributed by atoms with Gasteiger partial charge >= 0.3 is 5.97 Å². The van der Waals surface area contributed by atoms with Crippen molar-refractivity contribution >= 4 is 5.97 Å². The molecule has 1 N–H and O–H groups in total. The lowest BCUT2D eigenvalue weighted by atomic mass is 10.2. The van der Waals surface area contributed by atoms with Crippen molar-refractivity contribution in [2.45, 2.75) is 0 Å². The highest BCUT2D eigenvalue weighted by Crippen LogP contribution is 2.21. The molecule has 2 aromatic heterocycles. The number of esters is 1. The molecular formula is C9H8N2O3. The fourth-order valence-corrected chi connectivity index (χ4v) is 1.16. The number of methoxy groups -OCH3 is 1. The van der Waals surface area contributed by atoms with Gasteiger partial charge in [0.05, 0.1) is 19.6 Å². The monoisotopic (exact) mass is 192 g/mol. The summed E-state index contributed by atoms with van der Waals surface area (Å²) in [6.07, 6.45) is 2.93. The van der Waals surface area contributed by atoms with Crippen molar-refractivity contribution in [2.24, 2.45) is 0 Å². The number of aromatic amines is 1. The molecule has 0 saturated heterocycles. The number of hydrogen-bond donors (Lipinski definition) is 1. The normalized spacial score (nSPS) is 10.1. The van der Waals surface area contributed by atoms with Gasteiger partial charge in [-0.1, -0.05) is 0 Å². The maximum absolute atomic E-state index is 11.3. The molecule has 0 spiro atoms. The minimum atomic E-state index is -0.440. The molecule has 5 nitrogen and oxygen atoms in total. The molecule has 0 aliphatic carbocycles. The number of rotatable bonds is 2. The van der Waals surface area contributed by atoms with Gasteiger partial charge in [-0.25, -0.2) is 4.79 Å². The van der Waals surface area contributed by atoms with Gasteiger partial charge in [0.2, 0.25) is 0 Å². The van der Waals surface area contributed by atoms with Crippen LogP contribution in [0.3, 0.4) is 0 Å². The molecule has 0 atom stereocenters. The lowest BCUT2D eigenvalue weighted by Crippen LogP contribution is -2.01. The zero-order valence-corrected chi connectivity index (χ0v) is 7.48. The van der Waals surface area contributed by atoms with E-state index in [4.69, 9.17) is 4.42 Å². The minimum Gasteiger partial charge on any atom is -0.465 e. The van der Waals surface area contributed by atoms with Gasteiger partial charge < -0.3 is 9.15 Å². The molecule has 5 heteroatoms. The van der Waals surface area contributed by atoms with Crippen molar-refractivity contribution in [3.63, 3.8) is 0 Å². The van der Waals surface area contributed by atoms with Crippen molar-refractivity contribution in [3.8, 4) is 11.5 Å². The highest BCUT2D eigenvalue weighted by Gasteiger charge is 2.16. The van der Waals surface area contributed by atoms with Crippen LogP contribution < -0.4 is 0 Å². The number of carbonyl (C=O) groups is 1. The van der Waals surface area contributed by atoms with E-state index in [1.165, 1.54) is 19.6 Å². The fraction of sp³-hybridized carbons (Fsp3) is 0.111. The van der Waals surface area contributed by atoms with E-state index in [-0.39, 0.29) is 0 Å². The maximum atomic E-state index is 11.3. The Morgan fingerprint density at radius 3 is 3.14 bits per heavy atom. The largest absolute Gasteiger partial charge is 0.465 e. The average Bonchev–Trinajstić information content (AvgIpc) is 2.85. The Kier molecular flexibility index (Phi) is 2.06. The number of furan rings is 1. The molecule has 0 bridgehead atoms. The highest BCUT2D eigenvalue weighted by atomic mass is 16.5. The molecule has 0 aromatic carbocycles. The minimum absolute atomic E-state index is 0.363. The summed E-state index contributed by atoms with van der Waals surface area (Å²) in [6.45, 7) is 0. The first-order valence-electron chi connectivity index (χ1n) is 3.98. The summed E-state index contributed by atoms with van der Waals surface area (Å²) < 4.78 is 9.73. The second-order valence-electron chi connectivity index (χ2n) is 2.63. The van der Waals surface area contributed by atoms with Crippen LogP contribution in [-0.2, 0) is 4.74 Å². The van der Waals surface area contributed by atoms with Crippen molar-refractivity contribution in [1.29, 1.82) is 0 Å². The molecule has 0 aliphatic rings. The van der Waals surface area contributed by atoms with E-state index in [9.17, 15) is 4.79 Å². The molecule has 0 saturated carbocycles. The van der Waals surface area contributed by atoms with Gasteiger partial charge in [0.25, 0.3) is 0 Å². The summed E-state index contributed by atoms with van der Waals surface area (Å²) in [4.78, 5) is 11.3. The predicted octanol–water partition coefficient (Wildman–Crippen LogP) is 1.46. The molecule has 0 amide bonds. The summed E-state index contributed by atoms with van der Waals surface area (Å²) in [5, 5.41) is 6.44. The summed E-state index contributed by atoms with van der Waals surface area (Å²) in [6, 6.07) is 3.47. The zero-order chi connectivity index (χ0) is 9.97. The maximum Gasteiger partial charge on any atom is 0.341 e. The number of nitrogens with zero attached hydrogens (tertiary/aromatic N) is 1. The first-order valence-corrected chi connectivity index (χ1v) is 3.98. The van der Waals surface area contributed by atoms with Gasteiger partial charge in [-0.15, -0.1) is 0 Å². The van der Waals surface area contributed by atoms with E-state index in [1.54, 1.807) is 12.1 Å².